The maximum Gasteiger partial charge on any atom is 0.0595 e. The smallest absolute Gasteiger partial charge is 0.0595 e. The molecule has 84 valence electrons. The van der Waals surface area contributed by atoms with Crippen LogP contribution in [0.25, 0.3) is 0 Å². The van der Waals surface area contributed by atoms with Crippen molar-refractivity contribution in [1.82, 2.24) is 5.32 Å². The van der Waals surface area contributed by atoms with E-state index in [-0.39, 0.29) is 0 Å². The number of rotatable bonds is 4. The number of benzene rings is 1. The fourth-order valence-electron chi connectivity index (χ4n) is 1.62. The molecule has 1 rings (SSSR count). The van der Waals surface area contributed by atoms with Crippen molar-refractivity contribution in [2.75, 3.05) is 7.05 Å². The molecule has 0 fully saturated rings. The largest absolute Gasteiger partial charge is 0.313 e. The summed E-state index contributed by atoms with van der Waals surface area (Å²) in [5.41, 5.74) is 1.20. The van der Waals surface area contributed by atoms with E-state index in [2.05, 4.69) is 19.2 Å². The first kappa shape index (κ1) is 12.8. The zero-order chi connectivity index (χ0) is 11.4. The van der Waals surface area contributed by atoms with Gasteiger partial charge in [0.15, 0.2) is 0 Å². The summed E-state index contributed by atoms with van der Waals surface area (Å²) in [7, 11) is 1.97. The lowest BCUT2D eigenvalue weighted by Crippen LogP contribution is -2.18. The number of hydrogen-bond donors (Lipinski definition) is 1. The van der Waals surface area contributed by atoms with Crippen molar-refractivity contribution >= 4 is 23.2 Å². The van der Waals surface area contributed by atoms with Gasteiger partial charge >= 0.3 is 0 Å². The Hall–Kier alpha value is -0.240. The molecule has 0 aliphatic heterocycles. The third-order valence-corrected chi connectivity index (χ3v) is 3.14. The second-order valence-electron chi connectivity index (χ2n) is 4.14. The van der Waals surface area contributed by atoms with Crippen LogP contribution in [-0.4, -0.2) is 7.05 Å². The maximum absolute atomic E-state index is 5.99. The maximum atomic E-state index is 5.99. The summed E-state index contributed by atoms with van der Waals surface area (Å²) in [6.45, 7) is 4.42. The zero-order valence-corrected chi connectivity index (χ0v) is 10.9. The molecule has 0 bridgehead atoms. The highest BCUT2D eigenvalue weighted by atomic mass is 35.5. The van der Waals surface area contributed by atoms with Crippen LogP contribution < -0.4 is 5.32 Å². The van der Waals surface area contributed by atoms with Crippen molar-refractivity contribution in [3.63, 3.8) is 0 Å². The number of nitrogens with one attached hydrogen (secondary N) is 1. The van der Waals surface area contributed by atoms with E-state index < -0.39 is 0 Å². The molecule has 15 heavy (non-hydrogen) atoms. The van der Waals surface area contributed by atoms with Gasteiger partial charge in [0.2, 0.25) is 0 Å². The number of halogens is 2. The third kappa shape index (κ3) is 3.67. The van der Waals surface area contributed by atoms with Crippen LogP contribution in [0.1, 0.15) is 31.9 Å². The lowest BCUT2D eigenvalue weighted by molar-refractivity contribution is 0.457. The van der Waals surface area contributed by atoms with Crippen LogP contribution in [0.5, 0.6) is 0 Å². The summed E-state index contributed by atoms with van der Waals surface area (Å²) < 4.78 is 0. The van der Waals surface area contributed by atoms with Crippen LogP contribution in [0.4, 0.5) is 0 Å². The molecule has 0 saturated heterocycles. The average molecular weight is 246 g/mol. The van der Waals surface area contributed by atoms with E-state index in [4.69, 9.17) is 23.2 Å². The van der Waals surface area contributed by atoms with Gasteiger partial charge in [-0.15, -0.1) is 0 Å². The summed E-state index contributed by atoms with van der Waals surface area (Å²) in [4.78, 5) is 0. The van der Waals surface area contributed by atoms with Gasteiger partial charge in [0.05, 0.1) is 10.0 Å². The van der Waals surface area contributed by atoms with Crippen LogP contribution in [0.3, 0.4) is 0 Å². The summed E-state index contributed by atoms with van der Waals surface area (Å²) in [6.07, 6.45) is 1.09. The van der Waals surface area contributed by atoms with Gasteiger partial charge in [-0.25, -0.2) is 0 Å². The molecule has 1 aromatic carbocycles. The van der Waals surface area contributed by atoms with E-state index >= 15 is 0 Å². The molecule has 0 saturated carbocycles. The molecular formula is C12H17Cl2N. The molecule has 1 N–H and O–H groups in total. The minimum Gasteiger partial charge on any atom is -0.313 e. The Morgan fingerprint density at radius 3 is 2.33 bits per heavy atom. The molecule has 0 heterocycles. The second-order valence-corrected chi connectivity index (χ2v) is 4.96. The predicted octanol–water partition coefficient (Wildman–Crippen LogP) is 4.30. The summed E-state index contributed by atoms with van der Waals surface area (Å²) in [5.74, 6) is 0.650. The Kier molecular flexibility index (Phi) is 4.91. The van der Waals surface area contributed by atoms with Gasteiger partial charge in [-0.3, -0.25) is 0 Å². The molecule has 0 radical (unpaired) electrons. The molecular weight excluding hydrogens is 229 g/mol. The van der Waals surface area contributed by atoms with Gasteiger partial charge in [0.25, 0.3) is 0 Å². The Labute approximate surface area is 102 Å². The first-order valence-electron chi connectivity index (χ1n) is 5.16. The van der Waals surface area contributed by atoms with Crippen molar-refractivity contribution in [3.05, 3.63) is 33.8 Å². The fourth-order valence-corrected chi connectivity index (χ4v) is 1.93. The third-order valence-electron chi connectivity index (χ3n) is 2.40. The summed E-state index contributed by atoms with van der Waals surface area (Å²) in [6, 6.07) is 6.16. The van der Waals surface area contributed by atoms with Crippen LogP contribution in [0.15, 0.2) is 18.2 Å². The van der Waals surface area contributed by atoms with Gasteiger partial charge in [0.1, 0.15) is 0 Å². The average Bonchev–Trinajstić information content (AvgIpc) is 2.18. The van der Waals surface area contributed by atoms with Crippen LogP contribution in [0.2, 0.25) is 10.0 Å². The fraction of sp³-hybridized carbons (Fsp3) is 0.500. The zero-order valence-electron chi connectivity index (χ0n) is 9.35. The number of hydrogen-bond acceptors (Lipinski definition) is 1. The molecule has 0 aliphatic carbocycles. The summed E-state index contributed by atoms with van der Waals surface area (Å²) >= 11 is 11.9. The highest BCUT2D eigenvalue weighted by Crippen LogP contribution is 2.28. The van der Waals surface area contributed by atoms with E-state index in [0.29, 0.717) is 22.0 Å². The van der Waals surface area contributed by atoms with E-state index in [0.717, 1.165) is 6.42 Å². The molecule has 1 aromatic rings. The van der Waals surface area contributed by atoms with E-state index in [1.165, 1.54) is 5.56 Å². The van der Waals surface area contributed by atoms with Crippen LogP contribution in [-0.2, 0) is 0 Å². The second kappa shape index (κ2) is 5.74. The minimum atomic E-state index is 0.347. The molecule has 0 aromatic heterocycles. The van der Waals surface area contributed by atoms with Crippen molar-refractivity contribution in [3.8, 4) is 0 Å². The first-order chi connectivity index (χ1) is 7.04. The Balaban J connectivity index is 2.87. The highest BCUT2D eigenvalue weighted by Gasteiger charge is 2.12. The quantitative estimate of drug-likeness (QED) is 0.835. The highest BCUT2D eigenvalue weighted by molar-refractivity contribution is 6.42. The van der Waals surface area contributed by atoms with Crippen LogP contribution in [0, 0.1) is 5.92 Å². The van der Waals surface area contributed by atoms with E-state index in [1.54, 1.807) is 0 Å². The van der Waals surface area contributed by atoms with Gasteiger partial charge in [-0.05, 0) is 37.1 Å². The molecule has 1 atom stereocenters. The van der Waals surface area contributed by atoms with Crippen molar-refractivity contribution in [2.24, 2.45) is 5.92 Å². The lowest BCUT2D eigenvalue weighted by Gasteiger charge is -2.19. The summed E-state index contributed by atoms with van der Waals surface area (Å²) in [5, 5.41) is 4.53. The molecule has 0 amide bonds. The van der Waals surface area contributed by atoms with Crippen molar-refractivity contribution in [2.45, 2.75) is 26.3 Å². The predicted molar refractivity (Wildman–Crippen MR) is 67.7 cm³/mol. The normalized spacial score (nSPS) is 13.2. The Morgan fingerprint density at radius 1 is 1.20 bits per heavy atom. The van der Waals surface area contributed by atoms with E-state index in [1.807, 2.05) is 25.2 Å². The molecule has 1 unspecified atom stereocenters. The standard InChI is InChI=1S/C12H17Cl2N/c1-8(2)6-12(15-3)9-4-5-10(13)11(14)7-9/h4-5,7-8,12,15H,6H2,1-3H3. The lowest BCUT2D eigenvalue weighted by atomic mass is 9.97. The van der Waals surface area contributed by atoms with Gasteiger partial charge in [-0.2, -0.15) is 0 Å². The Bertz CT molecular complexity index is 323. The van der Waals surface area contributed by atoms with Gasteiger partial charge in [0, 0.05) is 6.04 Å². The topological polar surface area (TPSA) is 12.0 Å². The van der Waals surface area contributed by atoms with Crippen molar-refractivity contribution in [1.29, 1.82) is 0 Å². The van der Waals surface area contributed by atoms with E-state index in [9.17, 15) is 0 Å². The van der Waals surface area contributed by atoms with Crippen molar-refractivity contribution < 1.29 is 0 Å². The molecule has 0 aliphatic rings. The van der Waals surface area contributed by atoms with Gasteiger partial charge in [-0.1, -0.05) is 43.1 Å². The molecule has 0 spiro atoms. The van der Waals surface area contributed by atoms with Gasteiger partial charge < -0.3 is 5.32 Å². The Morgan fingerprint density at radius 2 is 1.87 bits per heavy atom. The molecule has 1 nitrogen and oxygen atoms in total. The monoisotopic (exact) mass is 245 g/mol. The molecule has 3 heteroatoms. The van der Waals surface area contributed by atoms with Crippen LogP contribution >= 0.6 is 23.2 Å². The minimum absolute atomic E-state index is 0.347. The first-order valence-corrected chi connectivity index (χ1v) is 5.92. The SMILES string of the molecule is CNC(CC(C)C)c1ccc(Cl)c(Cl)c1.